The molecule has 1 aliphatic rings. The molecule has 5 heteroatoms. The molecule has 3 nitrogen and oxygen atoms in total. The number of nitrogens with zero attached hydrogens (tertiary/aromatic N) is 2. The molecule has 1 unspecified atom stereocenters. The minimum Gasteiger partial charge on any atom is -0.339 e. The van der Waals surface area contributed by atoms with Crippen LogP contribution in [0.25, 0.3) is 0 Å². The van der Waals surface area contributed by atoms with Crippen LogP contribution in [-0.4, -0.2) is 16.1 Å². The van der Waals surface area contributed by atoms with Gasteiger partial charge in [-0.3, -0.25) is 0 Å². The van der Waals surface area contributed by atoms with Gasteiger partial charge in [0.1, 0.15) is 0 Å². The van der Waals surface area contributed by atoms with Crippen LogP contribution in [-0.2, 0) is 0 Å². The first-order valence-electron chi connectivity index (χ1n) is 5.19. The third kappa shape index (κ3) is 2.16. The van der Waals surface area contributed by atoms with Gasteiger partial charge in [0, 0.05) is 24.7 Å². The van der Waals surface area contributed by atoms with Crippen molar-refractivity contribution in [3.63, 3.8) is 0 Å². The minimum atomic E-state index is -2.55. The third-order valence-electron chi connectivity index (χ3n) is 2.72. The number of alkyl halides is 2. The van der Waals surface area contributed by atoms with Crippen molar-refractivity contribution in [2.75, 3.05) is 0 Å². The Morgan fingerprint density at radius 1 is 1.47 bits per heavy atom. The predicted molar refractivity (Wildman–Crippen MR) is 49.9 cm³/mol. The second-order valence-corrected chi connectivity index (χ2v) is 4.44. The molecule has 1 atom stereocenters. The largest absolute Gasteiger partial charge is 0.339 e. The van der Waals surface area contributed by atoms with E-state index in [9.17, 15) is 8.78 Å². The number of hydrogen-bond acceptors (Lipinski definition) is 3. The van der Waals surface area contributed by atoms with E-state index >= 15 is 0 Å². The number of rotatable bonds is 2. The minimum absolute atomic E-state index is 0.0663. The first-order chi connectivity index (χ1) is 6.98. The van der Waals surface area contributed by atoms with E-state index < -0.39 is 5.92 Å². The fourth-order valence-electron chi connectivity index (χ4n) is 1.82. The second-order valence-electron chi connectivity index (χ2n) is 4.44. The summed E-state index contributed by atoms with van der Waals surface area (Å²) in [5, 5.41) is 3.77. The molecule has 84 valence electrons. The molecule has 1 saturated carbocycles. The van der Waals surface area contributed by atoms with E-state index in [1.165, 1.54) is 0 Å². The zero-order valence-corrected chi connectivity index (χ0v) is 8.83. The molecule has 0 aliphatic heterocycles. The zero-order valence-electron chi connectivity index (χ0n) is 8.83. The lowest BCUT2D eigenvalue weighted by molar-refractivity contribution is 0.00750. The van der Waals surface area contributed by atoms with Gasteiger partial charge in [0.05, 0.1) is 0 Å². The highest BCUT2D eigenvalue weighted by Crippen LogP contribution is 2.43. The SMILES string of the molecule is CC(C)c1nc(C2CCC(F)(F)C2)no1. The molecule has 1 aromatic rings. The lowest BCUT2D eigenvalue weighted by atomic mass is 10.1. The van der Waals surface area contributed by atoms with Crippen LogP contribution in [0.15, 0.2) is 4.52 Å². The summed E-state index contributed by atoms with van der Waals surface area (Å²) in [7, 11) is 0. The maximum atomic E-state index is 13.0. The van der Waals surface area contributed by atoms with Crippen LogP contribution in [0.1, 0.15) is 56.7 Å². The molecule has 1 aromatic heterocycles. The summed E-state index contributed by atoms with van der Waals surface area (Å²) < 4.78 is 30.9. The molecule has 1 fully saturated rings. The average molecular weight is 216 g/mol. The Bertz CT molecular complexity index is 349. The van der Waals surface area contributed by atoms with Crippen molar-refractivity contribution in [2.24, 2.45) is 0 Å². The fourth-order valence-corrected chi connectivity index (χ4v) is 1.82. The summed E-state index contributed by atoms with van der Waals surface area (Å²) in [6, 6.07) is 0. The molecule has 0 spiro atoms. The summed E-state index contributed by atoms with van der Waals surface area (Å²) in [5.41, 5.74) is 0. The van der Waals surface area contributed by atoms with Gasteiger partial charge in [0.2, 0.25) is 11.8 Å². The molecule has 0 radical (unpaired) electrons. The van der Waals surface area contributed by atoms with Gasteiger partial charge >= 0.3 is 0 Å². The lowest BCUT2D eigenvalue weighted by Gasteiger charge is -2.06. The smallest absolute Gasteiger partial charge is 0.248 e. The molecule has 0 aromatic carbocycles. The normalized spacial score (nSPS) is 25.0. The van der Waals surface area contributed by atoms with Gasteiger partial charge in [-0.2, -0.15) is 4.98 Å². The lowest BCUT2D eigenvalue weighted by Crippen LogP contribution is -2.09. The van der Waals surface area contributed by atoms with Gasteiger partial charge in [0.15, 0.2) is 5.82 Å². The standard InChI is InChI=1S/C10H14F2N2O/c1-6(2)9-13-8(14-15-9)7-3-4-10(11,12)5-7/h6-7H,3-5H2,1-2H3. The number of hydrogen-bond donors (Lipinski definition) is 0. The molecule has 15 heavy (non-hydrogen) atoms. The van der Waals surface area contributed by atoms with E-state index in [1.807, 2.05) is 13.8 Å². The fraction of sp³-hybridized carbons (Fsp3) is 0.800. The molecule has 1 aliphatic carbocycles. The first-order valence-corrected chi connectivity index (χ1v) is 5.19. The molecule has 0 saturated heterocycles. The van der Waals surface area contributed by atoms with E-state index in [1.54, 1.807) is 0 Å². The second kappa shape index (κ2) is 3.54. The van der Waals surface area contributed by atoms with Gasteiger partial charge in [-0.25, -0.2) is 8.78 Å². The van der Waals surface area contributed by atoms with Gasteiger partial charge in [0.25, 0.3) is 0 Å². The Balaban J connectivity index is 2.11. The average Bonchev–Trinajstić information content (AvgIpc) is 2.70. The number of aromatic nitrogens is 2. The monoisotopic (exact) mass is 216 g/mol. The Morgan fingerprint density at radius 2 is 2.20 bits per heavy atom. The molecule has 0 N–H and O–H groups in total. The number of halogens is 2. The van der Waals surface area contributed by atoms with Crippen molar-refractivity contribution >= 4 is 0 Å². The van der Waals surface area contributed by atoms with Crippen LogP contribution in [0, 0.1) is 0 Å². The molecule has 1 heterocycles. The van der Waals surface area contributed by atoms with Crippen LogP contribution in [0.3, 0.4) is 0 Å². The Kier molecular flexibility index (Phi) is 2.48. The van der Waals surface area contributed by atoms with Gasteiger partial charge in [-0.15, -0.1) is 0 Å². The summed E-state index contributed by atoms with van der Waals surface area (Å²) in [6.07, 6.45) is 0.233. The Labute approximate surface area is 86.9 Å². The molecular weight excluding hydrogens is 202 g/mol. The Hall–Kier alpha value is -1.00. The van der Waals surface area contributed by atoms with Crippen molar-refractivity contribution in [3.8, 4) is 0 Å². The van der Waals surface area contributed by atoms with E-state index in [0.717, 1.165) is 0 Å². The highest BCUT2D eigenvalue weighted by Gasteiger charge is 2.41. The van der Waals surface area contributed by atoms with Crippen LogP contribution >= 0.6 is 0 Å². The quantitative estimate of drug-likeness (QED) is 0.762. The maximum Gasteiger partial charge on any atom is 0.248 e. The van der Waals surface area contributed by atoms with Gasteiger partial charge in [-0.05, 0) is 6.42 Å². The highest BCUT2D eigenvalue weighted by atomic mass is 19.3. The zero-order chi connectivity index (χ0) is 11.1. The van der Waals surface area contributed by atoms with Crippen molar-refractivity contribution in [1.82, 2.24) is 10.1 Å². The van der Waals surface area contributed by atoms with Gasteiger partial charge < -0.3 is 4.52 Å². The van der Waals surface area contributed by atoms with Gasteiger partial charge in [-0.1, -0.05) is 19.0 Å². The molecular formula is C10H14F2N2O. The van der Waals surface area contributed by atoms with Crippen LogP contribution in [0.2, 0.25) is 0 Å². The third-order valence-corrected chi connectivity index (χ3v) is 2.72. The summed E-state index contributed by atoms with van der Waals surface area (Å²) in [5.74, 6) is -1.68. The van der Waals surface area contributed by atoms with Crippen LogP contribution < -0.4 is 0 Å². The van der Waals surface area contributed by atoms with E-state index in [0.29, 0.717) is 18.1 Å². The van der Waals surface area contributed by atoms with Crippen molar-refractivity contribution in [3.05, 3.63) is 11.7 Å². The summed E-state index contributed by atoms with van der Waals surface area (Å²) in [6.45, 7) is 3.86. The highest BCUT2D eigenvalue weighted by molar-refractivity contribution is 5.02. The van der Waals surface area contributed by atoms with E-state index in [-0.39, 0.29) is 24.7 Å². The molecule has 0 amide bonds. The van der Waals surface area contributed by atoms with Crippen molar-refractivity contribution < 1.29 is 13.3 Å². The van der Waals surface area contributed by atoms with Crippen molar-refractivity contribution in [2.45, 2.75) is 50.9 Å². The topological polar surface area (TPSA) is 38.9 Å². The maximum absolute atomic E-state index is 13.0. The van der Waals surface area contributed by atoms with E-state index in [4.69, 9.17) is 4.52 Å². The first kappa shape index (κ1) is 10.5. The van der Waals surface area contributed by atoms with E-state index in [2.05, 4.69) is 10.1 Å². The van der Waals surface area contributed by atoms with Crippen molar-refractivity contribution in [1.29, 1.82) is 0 Å². The predicted octanol–water partition coefficient (Wildman–Crippen LogP) is 3.10. The summed E-state index contributed by atoms with van der Waals surface area (Å²) in [4.78, 5) is 4.15. The van der Waals surface area contributed by atoms with Crippen LogP contribution in [0.4, 0.5) is 8.78 Å². The summed E-state index contributed by atoms with van der Waals surface area (Å²) >= 11 is 0. The Morgan fingerprint density at radius 3 is 2.67 bits per heavy atom. The van der Waals surface area contributed by atoms with Crippen LogP contribution in [0.5, 0.6) is 0 Å². The molecule has 2 rings (SSSR count). The molecule has 0 bridgehead atoms.